The molecule has 0 amide bonds. The van der Waals surface area contributed by atoms with Gasteiger partial charge in [0.1, 0.15) is 5.58 Å². The number of benzene rings is 4. The van der Waals surface area contributed by atoms with Crippen LogP contribution in [-0.2, 0) is 25.5 Å². The average molecular weight is 835 g/mol. The molecule has 49 heavy (non-hydrogen) atoms. The molecule has 0 aliphatic rings. The van der Waals surface area contributed by atoms with E-state index in [1.807, 2.05) is 66.7 Å². The first-order valence-corrected chi connectivity index (χ1v) is 19.8. The van der Waals surface area contributed by atoms with Crippen molar-refractivity contribution < 1.29 is 24.5 Å². The third-order valence-electron chi connectivity index (χ3n) is 8.46. The molecule has 0 saturated carbocycles. The van der Waals surface area contributed by atoms with Crippen LogP contribution in [0.4, 0.5) is 0 Å². The molecule has 247 valence electrons. The number of pyridine rings is 2. The number of hydrogen-bond acceptors (Lipinski definition) is 4. The molecule has 1 radical (unpaired) electrons. The van der Waals surface area contributed by atoms with E-state index in [4.69, 9.17) is 14.4 Å². The van der Waals surface area contributed by atoms with Gasteiger partial charge in [-0.1, -0.05) is 99.0 Å². The van der Waals surface area contributed by atoms with Crippen LogP contribution >= 0.6 is 0 Å². The summed E-state index contributed by atoms with van der Waals surface area (Å²) in [4.78, 5) is 14.4. The summed E-state index contributed by atoms with van der Waals surface area (Å²) in [6, 6.07) is 45.5. The number of rotatable bonds is 4. The number of aromatic nitrogens is 4. The van der Waals surface area contributed by atoms with Gasteiger partial charge in [0.2, 0.25) is 0 Å². The fourth-order valence-electron chi connectivity index (χ4n) is 5.81. The van der Waals surface area contributed by atoms with Crippen LogP contribution in [-0.4, -0.2) is 27.6 Å². The van der Waals surface area contributed by atoms with Crippen LogP contribution in [0.25, 0.3) is 61.4 Å². The van der Waals surface area contributed by atoms with Crippen LogP contribution in [0.15, 0.2) is 126 Å². The number of fused-ring (bicyclic) bond motifs is 4. The predicted molar refractivity (Wildman–Crippen MR) is 201 cm³/mol. The zero-order chi connectivity index (χ0) is 33.5. The van der Waals surface area contributed by atoms with E-state index in [1.54, 1.807) is 6.20 Å². The third-order valence-corrected chi connectivity index (χ3v) is 10.5. The molecule has 5 nitrogen and oxygen atoms in total. The maximum atomic E-state index is 6.56. The van der Waals surface area contributed by atoms with Gasteiger partial charge in [0.05, 0.1) is 25.0 Å². The Balaban J connectivity index is 0.000000270. The second-order valence-electron chi connectivity index (χ2n) is 14.0. The van der Waals surface area contributed by atoms with E-state index in [-0.39, 0.29) is 25.5 Å². The minimum Gasteiger partial charge on any atom is -0.501 e. The van der Waals surface area contributed by atoms with Gasteiger partial charge in [-0.2, -0.15) is 0 Å². The quantitative estimate of drug-likeness (QED) is 0.131. The van der Waals surface area contributed by atoms with Crippen molar-refractivity contribution >= 4 is 46.4 Å². The zero-order valence-electron chi connectivity index (χ0n) is 28.6. The minimum atomic E-state index is -1.47. The second kappa shape index (κ2) is 13.7. The molecular weight excluding hydrogens is 797 g/mol. The molecule has 0 aliphatic carbocycles. The van der Waals surface area contributed by atoms with E-state index >= 15 is 0 Å². The van der Waals surface area contributed by atoms with Crippen molar-refractivity contribution in [3.63, 3.8) is 0 Å². The zero-order valence-corrected chi connectivity index (χ0v) is 32.0. The van der Waals surface area contributed by atoms with Gasteiger partial charge in [0, 0.05) is 48.5 Å². The van der Waals surface area contributed by atoms with Gasteiger partial charge in [-0.05, 0) is 42.1 Å². The first kappa shape index (κ1) is 34.2. The van der Waals surface area contributed by atoms with E-state index in [0.29, 0.717) is 0 Å². The molecule has 0 aliphatic heterocycles. The summed E-state index contributed by atoms with van der Waals surface area (Å²) < 4.78 is 8.69. The Bertz CT molecular complexity index is 2320. The Morgan fingerprint density at radius 2 is 1.51 bits per heavy atom. The van der Waals surface area contributed by atoms with Gasteiger partial charge < -0.3 is 14.0 Å². The van der Waals surface area contributed by atoms with E-state index < -0.39 is 8.07 Å². The predicted octanol–water partition coefficient (Wildman–Crippen LogP) is 10.2. The number of furan rings is 1. The molecular formula is C42H38IrN4OSi-2. The number of imidazole rings is 1. The molecule has 8 aromatic rings. The molecule has 7 heteroatoms. The first-order valence-electron chi connectivity index (χ1n) is 16.3. The molecule has 8 rings (SSSR count). The van der Waals surface area contributed by atoms with Gasteiger partial charge in [0.15, 0.2) is 5.65 Å². The number of hydrogen-bond donors (Lipinski definition) is 0. The number of para-hydroxylation sites is 1. The van der Waals surface area contributed by atoms with E-state index in [1.165, 1.54) is 5.19 Å². The second-order valence-corrected chi connectivity index (χ2v) is 19.1. The molecule has 0 bridgehead atoms. The van der Waals surface area contributed by atoms with E-state index in [2.05, 4.69) is 111 Å². The van der Waals surface area contributed by atoms with Gasteiger partial charge in [-0.15, -0.1) is 54.1 Å². The van der Waals surface area contributed by atoms with Crippen molar-refractivity contribution in [1.29, 1.82) is 0 Å². The van der Waals surface area contributed by atoms with Crippen LogP contribution in [0, 0.1) is 12.1 Å². The summed E-state index contributed by atoms with van der Waals surface area (Å²) in [5.74, 6) is 0.782. The van der Waals surface area contributed by atoms with Crippen LogP contribution in [0.5, 0.6) is 0 Å². The monoisotopic (exact) mass is 835 g/mol. The van der Waals surface area contributed by atoms with Gasteiger partial charge in [-0.25, -0.2) is 4.98 Å². The molecule has 0 N–H and O–H groups in total. The summed E-state index contributed by atoms with van der Waals surface area (Å²) in [7, 11) is -1.47. The molecule has 0 spiro atoms. The van der Waals surface area contributed by atoms with Crippen molar-refractivity contribution in [1.82, 2.24) is 19.5 Å². The topological polar surface area (TPSA) is 56.7 Å². The summed E-state index contributed by atoms with van der Waals surface area (Å²) in [6.07, 6.45) is 1.79. The molecule has 0 atom stereocenters. The summed E-state index contributed by atoms with van der Waals surface area (Å²) in [5, 5.41) is 3.59. The van der Waals surface area contributed by atoms with Gasteiger partial charge in [0.25, 0.3) is 0 Å². The molecule has 0 fully saturated rings. The standard InChI is InChI=1S/C31H30N3OSi.C11H8N.Ir/c1-31(2,3)27-18-17-25-30(33-27)34(20-11-8-7-9-12-20)29(32-25)24-14-10-13-23-22-16-15-21(36(4,5)6)19-26(22)35-28(23)24;1-2-6-10(7-3-1)11-8-4-5-9-12-11;/h7-13,15-19H,1-6H3;1-6,8-9H;/q2*-1;. The van der Waals surface area contributed by atoms with Gasteiger partial charge in [-0.3, -0.25) is 4.98 Å². The molecule has 0 saturated heterocycles. The van der Waals surface area contributed by atoms with Crippen molar-refractivity contribution in [2.45, 2.75) is 45.8 Å². The van der Waals surface area contributed by atoms with E-state index in [0.717, 1.165) is 67.1 Å². The SMILES string of the molecule is CC(C)(C)c1ccc2nc(-c3[c-]ccc4c3oc3cc([Si](C)(C)C)ccc34)n(-c3ccccc3)c2n1.[Ir].[c-]1ccccc1-c1ccccn1. The van der Waals surface area contributed by atoms with Crippen molar-refractivity contribution in [3.05, 3.63) is 139 Å². The Labute approximate surface area is 302 Å². The fourth-order valence-corrected chi connectivity index (χ4v) is 6.96. The largest absolute Gasteiger partial charge is 0.501 e. The Morgan fingerprint density at radius 1 is 0.735 bits per heavy atom. The maximum Gasteiger partial charge on any atom is 0.155 e. The van der Waals surface area contributed by atoms with Crippen LogP contribution in [0.1, 0.15) is 26.5 Å². The Morgan fingerprint density at radius 3 is 2.20 bits per heavy atom. The summed E-state index contributed by atoms with van der Waals surface area (Å²) >= 11 is 0. The number of nitrogens with zero attached hydrogens (tertiary/aromatic N) is 4. The van der Waals surface area contributed by atoms with E-state index in [9.17, 15) is 0 Å². The van der Waals surface area contributed by atoms with Crippen molar-refractivity contribution in [2.24, 2.45) is 0 Å². The third kappa shape index (κ3) is 6.93. The Kier molecular flexibility index (Phi) is 9.54. The van der Waals surface area contributed by atoms with Crippen LogP contribution in [0.3, 0.4) is 0 Å². The fraction of sp³-hybridized carbons (Fsp3) is 0.167. The van der Waals surface area contributed by atoms with Crippen molar-refractivity contribution in [2.75, 3.05) is 0 Å². The molecule has 4 heterocycles. The van der Waals surface area contributed by atoms with Crippen molar-refractivity contribution in [3.8, 4) is 28.3 Å². The smallest absolute Gasteiger partial charge is 0.155 e. The Hall–Kier alpha value is -4.68. The summed E-state index contributed by atoms with van der Waals surface area (Å²) in [6.45, 7) is 13.6. The first-order chi connectivity index (χ1) is 23.1. The maximum absolute atomic E-state index is 6.56. The van der Waals surface area contributed by atoms with Crippen LogP contribution < -0.4 is 5.19 Å². The minimum absolute atomic E-state index is 0. The molecule has 4 aromatic heterocycles. The van der Waals surface area contributed by atoms with Gasteiger partial charge >= 0.3 is 0 Å². The van der Waals surface area contributed by atoms with Crippen LogP contribution in [0.2, 0.25) is 19.6 Å². The average Bonchev–Trinajstić information content (AvgIpc) is 3.67. The normalized spacial score (nSPS) is 11.7. The molecule has 0 unspecified atom stereocenters. The summed E-state index contributed by atoms with van der Waals surface area (Å²) in [5.41, 5.74) is 8.24. The molecule has 4 aromatic carbocycles.